The van der Waals surface area contributed by atoms with Gasteiger partial charge in [0.25, 0.3) is 17.7 Å². The third kappa shape index (κ3) is 10.5. The topological polar surface area (TPSA) is 105 Å². The molecule has 282 valence electrons. The zero-order chi connectivity index (χ0) is 39.0. The average Bonchev–Trinajstić information content (AvgIpc) is 3.08. The summed E-state index contributed by atoms with van der Waals surface area (Å²) in [4.78, 5) is 37.6. The second-order valence-corrected chi connectivity index (χ2v) is 12.3. The minimum Gasteiger partial charge on any atom is -0.481 e. The second kappa shape index (κ2) is 16.9. The summed E-state index contributed by atoms with van der Waals surface area (Å²) in [5, 5.41) is 14.1. The van der Waals surface area contributed by atoms with Gasteiger partial charge in [-0.25, -0.2) is 17.6 Å². The Morgan fingerprint density at radius 1 is 0.774 bits per heavy atom. The molecule has 0 fully saturated rings. The number of halogens is 8. The van der Waals surface area contributed by atoms with Crippen LogP contribution in [-0.2, 0) is 22.7 Å². The van der Waals surface area contributed by atoms with E-state index in [4.69, 9.17) is 5.11 Å². The number of hydrogen-bond acceptors (Lipinski definition) is 4. The molecule has 0 saturated carbocycles. The molecule has 4 rings (SSSR count). The van der Waals surface area contributed by atoms with Crippen molar-refractivity contribution in [2.75, 3.05) is 6.54 Å². The highest BCUT2D eigenvalue weighted by Crippen LogP contribution is 2.39. The molecule has 0 aliphatic rings. The summed E-state index contributed by atoms with van der Waals surface area (Å²) in [7, 11) is 0. The maximum atomic E-state index is 15.3. The van der Waals surface area contributed by atoms with Gasteiger partial charge >= 0.3 is 18.5 Å². The summed E-state index contributed by atoms with van der Waals surface area (Å²) in [6.07, 6.45) is -8.19. The van der Waals surface area contributed by atoms with Crippen molar-refractivity contribution in [3.05, 3.63) is 136 Å². The second-order valence-electron chi connectivity index (χ2n) is 12.3. The molecule has 0 saturated heterocycles. The van der Waals surface area contributed by atoms with Crippen LogP contribution in [0.15, 0.2) is 91.0 Å². The SMILES string of the molecule is CC(F)(F)c1cc(C(=O)N[C@](Cc2ccccc2)(c2ccc(C(=O)NCCCCCC(=O)O)cc2)c2cc(F)cc(OC(F)(F)C(F)F)c2)ccc1F. The first-order valence-electron chi connectivity index (χ1n) is 16.2. The highest BCUT2D eigenvalue weighted by Gasteiger charge is 2.45. The maximum Gasteiger partial charge on any atom is 0.461 e. The number of carbonyl (C=O) groups is 3. The Labute approximate surface area is 299 Å². The summed E-state index contributed by atoms with van der Waals surface area (Å²) in [6, 6.07) is 17.8. The predicted octanol–water partition coefficient (Wildman–Crippen LogP) is 8.60. The van der Waals surface area contributed by atoms with Crippen LogP contribution < -0.4 is 15.4 Å². The van der Waals surface area contributed by atoms with Gasteiger partial charge in [-0.05, 0) is 72.0 Å². The fourth-order valence-corrected chi connectivity index (χ4v) is 5.59. The summed E-state index contributed by atoms with van der Waals surface area (Å²) in [5.74, 6) is -9.84. The molecule has 1 atom stereocenters. The van der Waals surface area contributed by atoms with Crippen molar-refractivity contribution in [1.82, 2.24) is 10.6 Å². The number of unbranched alkanes of at least 4 members (excludes halogenated alkanes) is 2. The molecule has 3 N–H and O–H groups in total. The van der Waals surface area contributed by atoms with E-state index in [2.05, 4.69) is 15.4 Å². The molecule has 0 radical (unpaired) electrons. The predicted molar refractivity (Wildman–Crippen MR) is 177 cm³/mol. The van der Waals surface area contributed by atoms with Gasteiger partial charge in [0.1, 0.15) is 17.4 Å². The van der Waals surface area contributed by atoms with Gasteiger partial charge in [-0.3, -0.25) is 14.4 Å². The Balaban J connectivity index is 1.84. The number of ether oxygens (including phenoxy) is 1. The quantitative estimate of drug-likeness (QED) is 0.0741. The van der Waals surface area contributed by atoms with E-state index in [0.717, 1.165) is 18.2 Å². The molecule has 0 aliphatic heterocycles. The number of amides is 2. The molecular formula is C38H34F8N2O5. The zero-order valence-corrected chi connectivity index (χ0v) is 28.1. The maximum absolute atomic E-state index is 15.3. The Morgan fingerprint density at radius 3 is 2.06 bits per heavy atom. The first kappa shape index (κ1) is 40.3. The first-order valence-corrected chi connectivity index (χ1v) is 16.2. The number of alkyl halides is 6. The van der Waals surface area contributed by atoms with Gasteiger partial charge in [0.15, 0.2) is 0 Å². The molecule has 2 amide bonds. The van der Waals surface area contributed by atoms with Crippen LogP contribution >= 0.6 is 0 Å². The lowest BCUT2D eigenvalue weighted by Crippen LogP contribution is -2.49. The van der Waals surface area contributed by atoms with Crippen LogP contribution in [0.5, 0.6) is 5.75 Å². The molecule has 53 heavy (non-hydrogen) atoms. The molecule has 0 spiro atoms. The number of carboxylic acids is 1. The lowest BCUT2D eigenvalue weighted by molar-refractivity contribution is -0.253. The molecule has 7 nitrogen and oxygen atoms in total. The summed E-state index contributed by atoms with van der Waals surface area (Å²) >= 11 is 0. The lowest BCUT2D eigenvalue weighted by Gasteiger charge is -2.37. The van der Waals surface area contributed by atoms with Gasteiger partial charge in [-0.2, -0.15) is 17.6 Å². The average molecular weight is 751 g/mol. The molecule has 0 aromatic heterocycles. The molecule has 15 heteroatoms. The van der Waals surface area contributed by atoms with Crippen LogP contribution in [0.1, 0.15) is 75.6 Å². The van der Waals surface area contributed by atoms with E-state index < -0.39 is 70.3 Å². The van der Waals surface area contributed by atoms with E-state index in [1.165, 1.54) is 24.3 Å². The monoisotopic (exact) mass is 750 g/mol. The van der Waals surface area contributed by atoms with E-state index in [-0.39, 0.29) is 36.1 Å². The number of benzene rings is 4. The third-order valence-corrected chi connectivity index (χ3v) is 8.21. The standard InChI is InChI=1S/C38H34F8N2O5/c1-36(43,44)30-18-25(13-16-31(30)40)34(52)48-37(22-23-8-4-2-5-9-23,27-19-28(39)21-29(20-27)53-38(45,46)35(41)42)26-14-11-24(12-15-26)33(51)47-17-7-3-6-10-32(49)50/h2,4-5,8-9,11-16,18-21,35H,3,6-7,10,17,22H2,1H3,(H,47,51)(H,48,52)(H,49,50)/t37-/m1/s1. The van der Waals surface area contributed by atoms with Crippen LogP contribution in [0.4, 0.5) is 35.1 Å². The minimum absolute atomic E-state index is 0.0162. The minimum atomic E-state index is -5.04. The van der Waals surface area contributed by atoms with Crippen molar-refractivity contribution >= 4 is 17.8 Å². The van der Waals surface area contributed by atoms with Crippen LogP contribution in [0.3, 0.4) is 0 Å². The van der Waals surface area contributed by atoms with Gasteiger partial charge in [0.05, 0.1) is 11.1 Å². The van der Waals surface area contributed by atoms with Gasteiger partial charge in [-0.15, -0.1) is 0 Å². The number of carbonyl (C=O) groups excluding carboxylic acids is 2. The smallest absolute Gasteiger partial charge is 0.461 e. The molecule has 0 heterocycles. The first-order chi connectivity index (χ1) is 24.9. The number of aliphatic carboxylic acids is 1. The van der Waals surface area contributed by atoms with Gasteiger partial charge < -0.3 is 20.5 Å². The van der Waals surface area contributed by atoms with Crippen LogP contribution in [0.25, 0.3) is 0 Å². The van der Waals surface area contributed by atoms with E-state index in [1.807, 2.05) is 0 Å². The zero-order valence-electron chi connectivity index (χ0n) is 28.1. The molecule has 0 aliphatic carbocycles. The Morgan fingerprint density at radius 2 is 1.43 bits per heavy atom. The molecule has 0 unspecified atom stereocenters. The molecule has 4 aromatic carbocycles. The Kier molecular flexibility index (Phi) is 12.9. The van der Waals surface area contributed by atoms with Crippen molar-refractivity contribution in [2.24, 2.45) is 0 Å². The van der Waals surface area contributed by atoms with Crippen molar-refractivity contribution in [3.8, 4) is 5.75 Å². The lowest BCUT2D eigenvalue weighted by atomic mass is 9.77. The van der Waals surface area contributed by atoms with Crippen LogP contribution in [-0.4, -0.2) is 42.0 Å². The number of carboxylic acid groups (broad SMARTS) is 1. The van der Waals surface area contributed by atoms with Crippen LogP contribution in [0.2, 0.25) is 0 Å². The number of rotatable bonds is 17. The molecule has 0 bridgehead atoms. The molecular weight excluding hydrogens is 716 g/mol. The Hall–Kier alpha value is -5.47. The van der Waals surface area contributed by atoms with Crippen LogP contribution in [0, 0.1) is 11.6 Å². The van der Waals surface area contributed by atoms with E-state index in [9.17, 15) is 45.1 Å². The van der Waals surface area contributed by atoms with E-state index in [0.29, 0.717) is 49.9 Å². The highest BCUT2D eigenvalue weighted by molar-refractivity contribution is 5.96. The highest BCUT2D eigenvalue weighted by atomic mass is 19.3. The third-order valence-electron chi connectivity index (χ3n) is 8.21. The fourth-order valence-electron chi connectivity index (χ4n) is 5.59. The van der Waals surface area contributed by atoms with Crippen molar-refractivity contribution < 1.29 is 59.4 Å². The van der Waals surface area contributed by atoms with Gasteiger partial charge in [0.2, 0.25) is 0 Å². The summed E-state index contributed by atoms with van der Waals surface area (Å²) < 4.78 is 117. The van der Waals surface area contributed by atoms with E-state index >= 15 is 4.39 Å². The van der Waals surface area contributed by atoms with Crippen molar-refractivity contribution in [1.29, 1.82) is 0 Å². The van der Waals surface area contributed by atoms with E-state index in [1.54, 1.807) is 30.3 Å². The number of hydrogen-bond donors (Lipinski definition) is 3. The van der Waals surface area contributed by atoms with Crippen molar-refractivity contribution in [3.63, 3.8) is 0 Å². The summed E-state index contributed by atoms with van der Waals surface area (Å²) in [6.45, 7) is 0.646. The normalized spacial score (nSPS) is 12.9. The molecule has 4 aromatic rings. The largest absolute Gasteiger partial charge is 0.481 e. The van der Waals surface area contributed by atoms with Gasteiger partial charge in [-0.1, -0.05) is 48.9 Å². The van der Waals surface area contributed by atoms with Crippen molar-refractivity contribution in [2.45, 2.75) is 63.0 Å². The Bertz CT molecular complexity index is 1900. The summed E-state index contributed by atoms with van der Waals surface area (Å²) in [5.41, 5.74) is -3.21. The fraction of sp³-hybridized carbons (Fsp3) is 0.289. The van der Waals surface area contributed by atoms with Gasteiger partial charge in [0, 0.05) is 43.5 Å². The number of nitrogens with one attached hydrogen (secondary N) is 2.